The lowest BCUT2D eigenvalue weighted by Gasteiger charge is -2.21. The molecule has 0 heterocycles. The first-order valence-electron chi connectivity index (χ1n) is 2.62. The zero-order valence-electron chi connectivity index (χ0n) is 6.07. The molecule has 0 radical (unpaired) electrons. The van der Waals surface area contributed by atoms with E-state index in [0.29, 0.717) is 3.12 Å². The van der Waals surface area contributed by atoms with Gasteiger partial charge in [0.15, 0.2) is 0 Å². The summed E-state index contributed by atoms with van der Waals surface area (Å²) in [6, 6.07) is 0. The van der Waals surface area contributed by atoms with Crippen LogP contribution >= 0.6 is 25.6 Å². The van der Waals surface area contributed by atoms with Crippen molar-refractivity contribution in [1.29, 1.82) is 0 Å². The molecule has 0 aromatic carbocycles. The van der Waals surface area contributed by atoms with Crippen LogP contribution in [0.4, 0.5) is 0 Å². The number of hydrogen-bond donors (Lipinski definition) is 2. The molecule has 0 rings (SSSR count). The lowest BCUT2D eigenvalue weighted by molar-refractivity contribution is 0.546. The molecule has 0 aromatic heterocycles. The van der Waals surface area contributed by atoms with Crippen molar-refractivity contribution in [3.05, 3.63) is 0 Å². The van der Waals surface area contributed by atoms with Crippen molar-refractivity contribution in [2.75, 3.05) is 0 Å². The average Bonchev–Trinajstić information content (AvgIpc) is 1.62. The van der Waals surface area contributed by atoms with Crippen molar-refractivity contribution in [2.24, 2.45) is 0 Å². The quantitative estimate of drug-likeness (QED) is 0.624. The van der Waals surface area contributed by atoms with Gasteiger partial charge in [0.05, 0.1) is 4.75 Å². The van der Waals surface area contributed by atoms with E-state index in [0.717, 1.165) is 0 Å². The predicted molar refractivity (Wildman–Crippen MR) is 48.5 cm³/mol. The Balaban J connectivity index is 4.79. The van der Waals surface area contributed by atoms with Crippen molar-refractivity contribution >= 4 is 35.7 Å². The van der Waals surface area contributed by atoms with Crippen molar-refractivity contribution in [1.82, 2.24) is 3.12 Å². The molecule has 0 atom stereocenters. The third-order valence-electron chi connectivity index (χ3n) is 0.989. The van der Waals surface area contributed by atoms with Crippen LogP contribution in [0.5, 0.6) is 0 Å². The Hall–Kier alpha value is 0.610. The van der Waals surface area contributed by atoms with Crippen LogP contribution in [0.2, 0.25) is 0 Å². The van der Waals surface area contributed by atoms with Crippen LogP contribution in [0.3, 0.4) is 0 Å². The van der Waals surface area contributed by atoms with Crippen LogP contribution in [-0.4, -0.2) is 16.3 Å². The molecule has 0 bridgehead atoms. The molecular weight excluding hydrogens is 190 g/mol. The van der Waals surface area contributed by atoms with Gasteiger partial charge in [-0.2, -0.15) is 0 Å². The second kappa shape index (κ2) is 2.92. The maximum absolute atomic E-state index is 11.1. The normalized spacial score (nSPS) is 14.2. The zero-order valence-corrected chi connectivity index (χ0v) is 8.67. The molecule has 62 valence electrons. The summed E-state index contributed by atoms with van der Waals surface area (Å²) < 4.78 is 22.0. The number of rotatable bonds is 1. The van der Waals surface area contributed by atoms with Crippen LogP contribution in [-0.2, 0) is 10.0 Å². The summed E-state index contributed by atoms with van der Waals surface area (Å²) in [7, 11) is -3.35. The summed E-state index contributed by atoms with van der Waals surface area (Å²) in [6.45, 7) is 4.76. The highest BCUT2D eigenvalue weighted by Gasteiger charge is 2.32. The Kier molecular flexibility index (Phi) is 3.10. The predicted octanol–water partition coefficient (Wildman–Crippen LogP) is 1.11. The fourth-order valence-corrected chi connectivity index (χ4v) is 2.20. The van der Waals surface area contributed by atoms with Crippen LogP contribution in [0, 0.1) is 0 Å². The maximum atomic E-state index is 11.1. The molecule has 0 N–H and O–H groups in total. The van der Waals surface area contributed by atoms with E-state index >= 15 is 0 Å². The average molecular weight is 201 g/mol. The lowest BCUT2D eigenvalue weighted by atomic mass is 10.3. The smallest absolute Gasteiger partial charge is 0.210 e. The van der Waals surface area contributed by atoms with Gasteiger partial charge in [0, 0.05) is 0 Å². The molecule has 6 heteroatoms. The first-order valence-corrected chi connectivity index (χ1v) is 4.86. The minimum Gasteiger partial charge on any atom is -0.210 e. The van der Waals surface area contributed by atoms with Crippen molar-refractivity contribution < 1.29 is 8.42 Å². The molecule has 3 nitrogen and oxygen atoms in total. The Morgan fingerprint density at radius 3 is 1.50 bits per heavy atom. The van der Waals surface area contributed by atoms with Gasteiger partial charge in [-0.15, -0.1) is 0 Å². The largest absolute Gasteiger partial charge is 0.237 e. The van der Waals surface area contributed by atoms with Crippen LogP contribution in [0.25, 0.3) is 0 Å². The molecular formula is C4H11NO2S3. The highest BCUT2D eigenvalue weighted by molar-refractivity contribution is 8.12. The van der Waals surface area contributed by atoms with Gasteiger partial charge < -0.3 is 0 Å². The van der Waals surface area contributed by atoms with Gasteiger partial charge in [-0.05, 0) is 20.8 Å². The molecule has 0 aromatic rings. The van der Waals surface area contributed by atoms with E-state index in [-0.39, 0.29) is 0 Å². The maximum Gasteiger partial charge on any atom is 0.237 e. The summed E-state index contributed by atoms with van der Waals surface area (Å²) in [6.07, 6.45) is 0. The Morgan fingerprint density at radius 1 is 1.20 bits per heavy atom. The summed E-state index contributed by atoms with van der Waals surface area (Å²) in [5.74, 6) is 0. The van der Waals surface area contributed by atoms with Crippen LogP contribution in [0.1, 0.15) is 20.8 Å². The molecule has 0 spiro atoms. The van der Waals surface area contributed by atoms with Crippen LogP contribution in [0.15, 0.2) is 0 Å². The molecule has 0 amide bonds. The SMILES string of the molecule is CC(C)(C)S(=O)(=O)N(S)S. The van der Waals surface area contributed by atoms with Gasteiger partial charge in [0.1, 0.15) is 0 Å². The fourth-order valence-electron chi connectivity index (χ4n) is 0.245. The molecule has 10 heavy (non-hydrogen) atoms. The summed E-state index contributed by atoms with van der Waals surface area (Å²) in [5, 5.41) is 0. The second-order valence-electron chi connectivity index (χ2n) is 2.84. The monoisotopic (exact) mass is 201 g/mol. The molecule has 0 unspecified atom stereocenters. The van der Waals surface area contributed by atoms with E-state index in [2.05, 4.69) is 25.6 Å². The topological polar surface area (TPSA) is 37.4 Å². The fraction of sp³-hybridized carbons (Fsp3) is 1.00. The van der Waals surface area contributed by atoms with Gasteiger partial charge in [-0.25, -0.2) is 8.42 Å². The minimum absolute atomic E-state index is 0.632. The number of hydrogen-bond acceptors (Lipinski definition) is 4. The molecule has 0 saturated heterocycles. The van der Waals surface area contributed by atoms with Crippen LogP contribution < -0.4 is 0 Å². The van der Waals surface area contributed by atoms with Crippen molar-refractivity contribution in [2.45, 2.75) is 25.5 Å². The lowest BCUT2D eigenvalue weighted by Crippen LogP contribution is -2.33. The molecule has 0 aliphatic carbocycles. The highest BCUT2D eigenvalue weighted by atomic mass is 32.3. The van der Waals surface area contributed by atoms with E-state index in [1.54, 1.807) is 20.8 Å². The molecule has 0 saturated carbocycles. The first kappa shape index (κ1) is 10.6. The molecule has 0 fully saturated rings. The van der Waals surface area contributed by atoms with E-state index in [9.17, 15) is 8.42 Å². The number of sulfonamides is 1. The van der Waals surface area contributed by atoms with E-state index in [1.165, 1.54) is 0 Å². The number of nitrogens with zero attached hydrogens (tertiary/aromatic N) is 1. The minimum atomic E-state index is -3.35. The first-order chi connectivity index (χ1) is 4.19. The van der Waals surface area contributed by atoms with E-state index in [4.69, 9.17) is 0 Å². The van der Waals surface area contributed by atoms with Crippen molar-refractivity contribution in [3.63, 3.8) is 0 Å². The third-order valence-corrected chi connectivity index (χ3v) is 4.26. The Labute approximate surface area is 72.9 Å². The van der Waals surface area contributed by atoms with E-state index in [1.807, 2.05) is 0 Å². The zero-order chi connectivity index (χ0) is 8.58. The van der Waals surface area contributed by atoms with Gasteiger partial charge in [0.25, 0.3) is 0 Å². The van der Waals surface area contributed by atoms with Crippen molar-refractivity contribution in [3.8, 4) is 0 Å². The Bertz CT molecular complexity index is 201. The molecule has 0 aliphatic heterocycles. The second-order valence-corrected chi connectivity index (χ2v) is 7.04. The van der Waals surface area contributed by atoms with Gasteiger partial charge in [-0.3, -0.25) is 0 Å². The Morgan fingerprint density at radius 2 is 1.50 bits per heavy atom. The van der Waals surface area contributed by atoms with E-state index < -0.39 is 14.8 Å². The molecule has 0 aliphatic rings. The van der Waals surface area contributed by atoms with Gasteiger partial charge >= 0.3 is 0 Å². The van der Waals surface area contributed by atoms with Gasteiger partial charge in [-0.1, -0.05) is 28.7 Å². The third kappa shape index (κ3) is 2.05. The summed E-state index contributed by atoms with van der Waals surface area (Å²) in [5.41, 5.74) is 0. The standard InChI is InChI=1S/C4H11NO2S3/c1-4(2,3)10(6,7)5(8)9/h8-9H,1-3H3. The highest BCUT2D eigenvalue weighted by Crippen LogP contribution is 2.22. The van der Waals surface area contributed by atoms with Gasteiger partial charge in [0.2, 0.25) is 10.0 Å². The summed E-state index contributed by atoms with van der Waals surface area (Å²) >= 11 is 7.16. The summed E-state index contributed by atoms with van der Waals surface area (Å²) in [4.78, 5) is 0. The number of thiol groups is 2.